The highest BCUT2D eigenvalue weighted by Crippen LogP contribution is 2.24. The van der Waals surface area contributed by atoms with E-state index in [4.69, 9.17) is 10.5 Å². The molecule has 0 aliphatic carbocycles. The molecule has 1 amide bonds. The van der Waals surface area contributed by atoms with Crippen molar-refractivity contribution in [1.29, 1.82) is 0 Å². The number of halogens is 3. The van der Waals surface area contributed by atoms with E-state index in [1.807, 2.05) is 0 Å². The molecule has 0 radical (unpaired) electrons. The molecular weight excluding hydrogens is 356 g/mol. The van der Waals surface area contributed by atoms with E-state index in [1.165, 1.54) is 18.3 Å². The Morgan fingerprint density at radius 2 is 2.12 bits per heavy atom. The van der Waals surface area contributed by atoms with Gasteiger partial charge in [0.05, 0.1) is 6.20 Å². The molecule has 1 atom stereocenters. The van der Waals surface area contributed by atoms with Crippen molar-refractivity contribution in [3.8, 4) is 11.5 Å². The van der Waals surface area contributed by atoms with E-state index in [1.54, 1.807) is 31.3 Å². The van der Waals surface area contributed by atoms with Crippen molar-refractivity contribution < 1.29 is 13.9 Å². The second-order valence-corrected chi connectivity index (χ2v) is 5.01. The number of amides is 1. The first kappa shape index (κ1) is 22.1. The zero-order valence-corrected chi connectivity index (χ0v) is 14.7. The summed E-state index contributed by atoms with van der Waals surface area (Å²) in [6.07, 6.45) is 3.35. The van der Waals surface area contributed by atoms with Crippen LogP contribution in [0.1, 0.15) is 18.9 Å². The van der Waals surface area contributed by atoms with Gasteiger partial charge in [0, 0.05) is 25.2 Å². The molecule has 132 valence electrons. The maximum absolute atomic E-state index is 14.0. The first-order chi connectivity index (χ1) is 10.5. The van der Waals surface area contributed by atoms with Gasteiger partial charge in [-0.15, -0.1) is 24.8 Å². The van der Waals surface area contributed by atoms with Crippen molar-refractivity contribution >= 4 is 30.7 Å². The van der Waals surface area contributed by atoms with Crippen LogP contribution >= 0.6 is 24.8 Å². The van der Waals surface area contributed by atoms with Crippen LogP contribution in [0.5, 0.6) is 11.5 Å². The number of rotatable bonds is 6. The van der Waals surface area contributed by atoms with E-state index in [-0.39, 0.29) is 55.5 Å². The van der Waals surface area contributed by atoms with E-state index >= 15 is 0 Å². The Balaban J connectivity index is 0.00000264. The van der Waals surface area contributed by atoms with Gasteiger partial charge < -0.3 is 15.8 Å². The number of ether oxygens (including phenoxy) is 1. The highest BCUT2D eigenvalue weighted by molar-refractivity contribution is 5.85. The molecule has 0 aliphatic rings. The molecule has 24 heavy (non-hydrogen) atoms. The lowest BCUT2D eigenvalue weighted by Crippen LogP contribution is -2.29. The molecule has 8 heteroatoms. The molecule has 2 aromatic rings. The lowest BCUT2D eigenvalue weighted by molar-refractivity contribution is -0.121. The summed E-state index contributed by atoms with van der Waals surface area (Å²) in [6.45, 7) is 2.00. The van der Waals surface area contributed by atoms with Crippen molar-refractivity contribution in [2.45, 2.75) is 25.9 Å². The number of hydrogen-bond acceptors (Lipinski definition) is 4. The molecule has 1 aromatic heterocycles. The molecule has 5 nitrogen and oxygen atoms in total. The molecule has 1 heterocycles. The van der Waals surface area contributed by atoms with Crippen molar-refractivity contribution in [3.05, 3.63) is 54.1 Å². The standard InChI is InChI=1S/C16H18FN3O2.2ClH/c1-11(18)7-16(21)20-9-12-4-5-15(14(17)8-12)22-13-3-2-6-19-10-13;;/h2-6,8,10-11H,7,9,18H2,1H3,(H,20,21);2*1H. The highest BCUT2D eigenvalue weighted by Gasteiger charge is 2.08. The number of aromatic nitrogens is 1. The van der Waals surface area contributed by atoms with Gasteiger partial charge in [0.25, 0.3) is 0 Å². The third kappa shape index (κ3) is 7.12. The number of nitrogens with two attached hydrogens (primary N) is 1. The molecule has 0 spiro atoms. The summed E-state index contributed by atoms with van der Waals surface area (Å²) in [4.78, 5) is 15.4. The van der Waals surface area contributed by atoms with E-state index in [9.17, 15) is 9.18 Å². The van der Waals surface area contributed by atoms with Crippen LogP contribution in [0.3, 0.4) is 0 Å². The molecular formula is C16H20Cl2FN3O2. The second kappa shape index (κ2) is 10.8. The summed E-state index contributed by atoms with van der Waals surface area (Å²) < 4.78 is 19.4. The van der Waals surface area contributed by atoms with Crippen LogP contribution in [0, 0.1) is 5.82 Å². The minimum Gasteiger partial charge on any atom is -0.453 e. The van der Waals surface area contributed by atoms with Gasteiger partial charge in [-0.1, -0.05) is 6.07 Å². The number of benzene rings is 1. The Labute approximate surface area is 152 Å². The van der Waals surface area contributed by atoms with Gasteiger partial charge in [0.15, 0.2) is 11.6 Å². The van der Waals surface area contributed by atoms with Gasteiger partial charge in [0.1, 0.15) is 5.75 Å². The van der Waals surface area contributed by atoms with Gasteiger partial charge in [-0.3, -0.25) is 9.78 Å². The fourth-order valence-corrected chi connectivity index (χ4v) is 1.84. The molecule has 3 N–H and O–H groups in total. The fraction of sp³-hybridized carbons (Fsp3) is 0.250. The number of pyridine rings is 1. The lowest BCUT2D eigenvalue weighted by atomic mass is 10.2. The van der Waals surface area contributed by atoms with Gasteiger partial charge in [-0.25, -0.2) is 4.39 Å². The van der Waals surface area contributed by atoms with Gasteiger partial charge in [-0.05, 0) is 36.8 Å². The average Bonchev–Trinajstić information content (AvgIpc) is 2.48. The summed E-state index contributed by atoms with van der Waals surface area (Å²) >= 11 is 0. The maximum Gasteiger partial charge on any atom is 0.221 e. The topological polar surface area (TPSA) is 77.2 Å². The lowest BCUT2D eigenvalue weighted by Gasteiger charge is -2.10. The third-order valence-corrected chi connectivity index (χ3v) is 2.86. The number of nitrogens with zero attached hydrogens (tertiary/aromatic N) is 1. The van der Waals surface area contributed by atoms with Gasteiger partial charge >= 0.3 is 0 Å². The van der Waals surface area contributed by atoms with Gasteiger partial charge in [-0.2, -0.15) is 0 Å². The predicted octanol–water partition coefficient (Wildman–Crippen LogP) is 3.21. The van der Waals surface area contributed by atoms with Gasteiger partial charge in [0.2, 0.25) is 5.91 Å². The first-order valence-corrected chi connectivity index (χ1v) is 6.93. The van der Waals surface area contributed by atoms with Crippen molar-refractivity contribution in [2.75, 3.05) is 0 Å². The summed E-state index contributed by atoms with van der Waals surface area (Å²) in [6, 6.07) is 7.74. The van der Waals surface area contributed by atoms with E-state index < -0.39 is 5.82 Å². The van der Waals surface area contributed by atoms with E-state index in [0.29, 0.717) is 11.3 Å². The molecule has 0 fully saturated rings. The summed E-state index contributed by atoms with van der Waals surface area (Å²) in [5, 5.41) is 2.69. The van der Waals surface area contributed by atoms with Crippen LogP contribution in [0.2, 0.25) is 0 Å². The maximum atomic E-state index is 14.0. The molecule has 0 saturated heterocycles. The third-order valence-electron chi connectivity index (χ3n) is 2.86. The largest absolute Gasteiger partial charge is 0.453 e. The van der Waals surface area contributed by atoms with Crippen molar-refractivity contribution in [2.24, 2.45) is 5.73 Å². The van der Waals surface area contributed by atoms with Crippen molar-refractivity contribution in [3.63, 3.8) is 0 Å². The Morgan fingerprint density at radius 3 is 2.71 bits per heavy atom. The first-order valence-electron chi connectivity index (χ1n) is 6.93. The Kier molecular flexibility index (Phi) is 9.95. The molecule has 0 bridgehead atoms. The zero-order valence-electron chi connectivity index (χ0n) is 13.1. The normalized spacial score (nSPS) is 10.8. The van der Waals surface area contributed by atoms with E-state index in [0.717, 1.165) is 0 Å². The Bertz CT molecular complexity index is 642. The van der Waals surface area contributed by atoms with Crippen LogP contribution in [0.4, 0.5) is 4.39 Å². The number of nitrogens with one attached hydrogen (secondary N) is 1. The number of carbonyl (C=O) groups is 1. The monoisotopic (exact) mass is 375 g/mol. The summed E-state index contributed by atoms with van der Waals surface area (Å²) in [7, 11) is 0. The quantitative estimate of drug-likeness (QED) is 0.812. The molecule has 1 aromatic carbocycles. The molecule has 2 rings (SSSR count). The van der Waals surface area contributed by atoms with Crippen LogP contribution < -0.4 is 15.8 Å². The average molecular weight is 376 g/mol. The van der Waals surface area contributed by atoms with Crippen LogP contribution in [-0.4, -0.2) is 16.9 Å². The smallest absolute Gasteiger partial charge is 0.221 e. The minimum absolute atomic E-state index is 0. The van der Waals surface area contributed by atoms with E-state index in [2.05, 4.69) is 10.3 Å². The number of hydrogen-bond donors (Lipinski definition) is 2. The molecule has 0 saturated carbocycles. The fourth-order valence-electron chi connectivity index (χ4n) is 1.84. The second-order valence-electron chi connectivity index (χ2n) is 5.01. The van der Waals surface area contributed by atoms with Crippen LogP contribution in [-0.2, 0) is 11.3 Å². The zero-order chi connectivity index (χ0) is 15.9. The van der Waals surface area contributed by atoms with Crippen molar-refractivity contribution in [1.82, 2.24) is 10.3 Å². The Morgan fingerprint density at radius 1 is 1.38 bits per heavy atom. The SMILES string of the molecule is CC(N)CC(=O)NCc1ccc(Oc2cccnc2)c(F)c1.Cl.Cl. The predicted molar refractivity (Wildman–Crippen MR) is 95.3 cm³/mol. The summed E-state index contributed by atoms with van der Waals surface area (Å²) in [5.74, 6) is -0.0908. The molecule has 1 unspecified atom stereocenters. The van der Waals surface area contributed by atoms with Crippen LogP contribution in [0.15, 0.2) is 42.7 Å². The number of carbonyl (C=O) groups excluding carboxylic acids is 1. The highest BCUT2D eigenvalue weighted by atomic mass is 35.5. The minimum atomic E-state index is -0.497. The molecule has 0 aliphatic heterocycles. The summed E-state index contributed by atoms with van der Waals surface area (Å²) in [5.41, 5.74) is 6.18. The Hall–Kier alpha value is -1.89. The van der Waals surface area contributed by atoms with Crippen LogP contribution in [0.25, 0.3) is 0 Å².